The van der Waals surface area contributed by atoms with Crippen molar-refractivity contribution in [3.05, 3.63) is 10.4 Å². The SMILES string of the molecule is CC(C)C1Cc2c(sc3c2c2nnc(SCC(N)=O)n2c2nnc(SCC(N)=O)n32)CO1. The Morgan fingerprint density at radius 2 is 1.75 bits per heavy atom. The highest BCUT2D eigenvalue weighted by Gasteiger charge is 2.30. The molecule has 0 spiro atoms. The van der Waals surface area contributed by atoms with Crippen molar-refractivity contribution in [2.24, 2.45) is 17.4 Å². The van der Waals surface area contributed by atoms with Crippen molar-refractivity contribution in [1.29, 1.82) is 0 Å². The van der Waals surface area contributed by atoms with Crippen LogP contribution >= 0.6 is 34.9 Å². The third-order valence-electron chi connectivity index (χ3n) is 5.21. The highest BCUT2D eigenvalue weighted by Crippen LogP contribution is 2.41. The van der Waals surface area contributed by atoms with Gasteiger partial charge < -0.3 is 16.2 Å². The molecule has 0 aromatic carbocycles. The first-order chi connectivity index (χ1) is 15.3. The van der Waals surface area contributed by atoms with Crippen molar-refractivity contribution in [1.82, 2.24) is 29.2 Å². The molecule has 4 N–H and O–H groups in total. The quantitative estimate of drug-likeness (QED) is 0.362. The summed E-state index contributed by atoms with van der Waals surface area (Å²) in [5.41, 5.74) is 12.5. The van der Waals surface area contributed by atoms with Crippen molar-refractivity contribution >= 4 is 68.3 Å². The first-order valence-corrected chi connectivity index (χ1v) is 12.6. The summed E-state index contributed by atoms with van der Waals surface area (Å²) in [5.74, 6) is 0.117. The fourth-order valence-electron chi connectivity index (χ4n) is 3.74. The minimum atomic E-state index is -0.451. The fourth-order valence-corrected chi connectivity index (χ4v) is 6.39. The Hall–Kier alpha value is -2.42. The molecule has 4 aromatic heterocycles. The Balaban J connectivity index is 1.79. The molecule has 5 heterocycles. The van der Waals surface area contributed by atoms with E-state index >= 15 is 0 Å². The molecule has 4 aromatic rings. The Morgan fingerprint density at radius 1 is 1.09 bits per heavy atom. The van der Waals surface area contributed by atoms with Gasteiger partial charge in [-0.1, -0.05) is 37.4 Å². The van der Waals surface area contributed by atoms with Crippen molar-refractivity contribution in [2.45, 2.75) is 43.3 Å². The molecular weight excluding hydrogens is 472 g/mol. The molecule has 0 aliphatic carbocycles. The van der Waals surface area contributed by atoms with Crippen molar-refractivity contribution in [3.63, 3.8) is 0 Å². The number of primary amides is 2. The number of carbonyl (C=O) groups is 2. The van der Waals surface area contributed by atoms with Gasteiger partial charge >= 0.3 is 0 Å². The van der Waals surface area contributed by atoms with Gasteiger partial charge in [0.2, 0.25) is 17.6 Å². The summed E-state index contributed by atoms with van der Waals surface area (Å²) in [6.07, 6.45) is 0.865. The molecule has 168 valence electrons. The molecule has 0 saturated heterocycles. The van der Waals surface area contributed by atoms with E-state index in [2.05, 4.69) is 34.2 Å². The summed E-state index contributed by atoms with van der Waals surface area (Å²) in [6, 6.07) is 0. The fraction of sp³-hybridized carbons (Fsp3) is 0.444. The number of nitrogens with zero attached hydrogens (tertiary/aromatic N) is 6. The largest absolute Gasteiger partial charge is 0.372 e. The van der Waals surface area contributed by atoms with Crippen LogP contribution in [0.2, 0.25) is 0 Å². The maximum absolute atomic E-state index is 11.4. The third kappa shape index (κ3) is 3.50. The Bertz CT molecular complexity index is 1370. The number of rotatable bonds is 7. The van der Waals surface area contributed by atoms with E-state index in [1.54, 1.807) is 15.7 Å². The average Bonchev–Trinajstić information content (AvgIpc) is 3.44. The summed E-state index contributed by atoms with van der Waals surface area (Å²) in [6.45, 7) is 4.81. The number of thiophene rings is 1. The second-order valence-electron chi connectivity index (χ2n) is 7.75. The van der Waals surface area contributed by atoms with Crippen LogP contribution in [0.25, 0.3) is 21.6 Å². The maximum Gasteiger partial charge on any atom is 0.245 e. The number of ether oxygens (including phenoxy) is 1. The van der Waals surface area contributed by atoms with Gasteiger partial charge in [0.05, 0.1) is 29.6 Å². The zero-order valence-electron chi connectivity index (χ0n) is 17.3. The molecule has 0 bridgehead atoms. The van der Waals surface area contributed by atoms with Gasteiger partial charge in [0.25, 0.3) is 0 Å². The average molecular weight is 493 g/mol. The number of hydrogen-bond donors (Lipinski definition) is 2. The van der Waals surface area contributed by atoms with Crippen LogP contribution in [0.15, 0.2) is 10.3 Å². The van der Waals surface area contributed by atoms with E-state index in [-0.39, 0.29) is 17.6 Å². The van der Waals surface area contributed by atoms with E-state index in [1.807, 2.05) is 4.40 Å². The minimum Gasteiger partial charge on any atom is -0.372 e. The van der Waals surface area contributed by atoms with Crippen LogP contribution in [0.1, 0.15) is 24.3 Å². The van der Waals surface area contributed by atoms with Gasteiger partial charge in [0.15, 0.2) is 16.0 Å². The van der Waals surface area contributed by atoms with E-state index in [1.165, 1.54) is 29.1 Å². The second-order valence-corrected chi connectivity index (χ2v) is 10.7. The van der Waals surface area contributed by atoms with Gasteiger partial charge in [-0.3, -0.25) is 9.59 Å². The van der Waals surface area contributed by atoms with E-state index < -0.39 is 11.8 Å². The number of thioether (sulfide) groups is 2. The molecule has 14 heteroatoms. The molecule has 5 rings (SSSR count). The molecule has 1 atom stereocenters. The summed E-state index contributed by atoms with van der Waals surface area (Å²) >= 11 is 4.02. The van der Waals surface area contributed by atoms with Crippen molar-refractivity contribution in [3.8, 4) is 0 Å². The summed E-state index contributed by atoms with van der Waals surface area (Å²) in [5, 5.41) is 19.4. The maximum atomic E-state index is 11.4. The molecule has 1 aliphatic heterocycles. The second kappa shape index (κ2) is 8.17. The smallest absolute Gasteiger partial charge is 0.245 e. The molecule has 0 fully saturated rings. The van der Waals surface area contributed by atoms with E-state index in [4.69, 9.17) is 16.2 Å². The van der Waals surface area contributed by atoms with Crippen LogP contribution in [0, 0.1) is 5.92 Å². The molecule has 1 aliphatic rings. The zero-order chi connectivity index (χ0) is 22.6. The third-order valence-corrected chi connectivity index (χ3v) is 8.31. The van der Waals surface area contributed by atoms with Crippen LogP contribution < -0.4 is 11.5 Å². The van der Waals surface area contributed by atoms with E-state index in [0.29, 0.717) is 34.3 Å². The van der Waals surface area contributed by atoms with E-state index in [9.17, 15) is 9.59 Å². The highest BCUT2D eigenvalue weighted by molar-refractivity contribution is 8.00. The van der Waals surface area contributed by atoms with Gasteiger partial charge in [-0.15, -0.1) is 31.7 Å². The van der Waals surface area contributed by atoms with Gasteiger partial charge in [0, 0.05) is 11.3 Å². The normalized spacial score (nSPS) is 16.4. The Labute approximate surface area is 194 Å². The molecule has 1 unspecified atom stereocenters. The van der Waals surface area contributed by atoms with Crippen LogP contribution in [-0.2, 0) is 27.4 Å². The topological polar surface area (TPSA) is 156 Å². The number of carbonyl (C=O) groups excluding carboxylic acids is 2. The molecule has 2 amide bonds. The van der Waals surface area contributed by atoms with Gasteiger partial charge in [0.1, 0.15) is 4.83 Å². The number of aromatic nitrogens is 6. The zero-order valence-corrected chi connectivity index (χ0v) is 19.7. The first-order valence-electron chi connectivity index (χ1n) is 9.85. The predicted molar refractivity (Wildman–Crippen MR) is 122 cm³/mol. The Morgan fingerprint density at radius 3 is 2.41 bits per heavy atom. The van der Waals surface area contributed by atoms with Crippen LogP contribution in [0.4, 0.5) is 0 Å². The van der Waals surface area contributed by atoms with Crippen LogP contribution in [-0.4, -0.2) is 58.6 Å². The predicted octanol–water partition coefficient (Wildman–Crippen LogP) is 1.24. The summed E-state index contributed by atoms with van der Waals surface area (Å²) in [4.78, 5) is 24.8. The molecule has 0 radical (unpaired) electrons. The molecule has 0 saturated carbocycles. The van der Waals surface area contributed by atoms with Gasteiger partial charge in [-0.2, -0.15) is 0 Å². The minimum absolute atomic E-state index is 0.0629. The van der Waals surface area contributed by atoms with Gasteiger partial charge in [-0.05, 0) is 11.5 Å². The molecular formula is C18H20N8O3S3. The molecule has 32 heavy (non-hydrogen) atoms. The monoisotopic (exact) mass is 492 g/mol. The Kier molecular flexibility index (Phi) is 5.47. The van der Waals surface area contributed by atoms with E-state index in [0.717, 1.165) is 21.5 Å². The lowest BCUT2D eigenvalue weighted by atomic mass is 9.96. The molecule has 11 nitrogen and oxygen atoms in total. The van der Waals surface area contributed by atoms with Crippen LogP contribution in [0.5, 0.6) is 0 Å². The lowest BCUT2D eigenvalue weighted by molar-refractivity contribution is -0.116. The van der Waals surface area contributed by atoms with Crippen LogP contribution in [0.3, 0.4) is 0 Å². The standard InChI is InChI=1S/C18H20N8O3S3/c1-7(2)9-3-8-10(4-29-9)32-15-13(8)14-21-23-17(30-5-11(19)27)25(14)16-22-24-18(26(15)16)31-6-12(20)28/h7,9H,3-6H2,1-2H3,(H2,19,27)(H2,20,28). The lowest BCUT2D eigenvalue weighted by Crippen LogP contribution is -2.26. The number of amides is 2. The van der Waals surface area contributed by atoms with Crippen molar-refractivity contribution < 1.29 is 14.3 Å². The lowest BCUT2D eigenvalue weighted by Gasteiger charge is -2.26. The van der Waals surface area contributed by atoms with Gasteiger partial charge in [-0.25, -0.2) is 8.80 Å². The summed E-state index contributed by atoms with van der Waals surface area (Å²) < 4.78 is 9.79. The summed E-state index contributed by atoms with van der Waals surface area (Å²) in [7, 11) is 0. The number of fused-ring (bicyclic) bond motifs is 8. The van der Waals surface area contributed by atoms with Crippen molar-refractivity contribution in [2.75, 3.05) is 11.5 Å². The first kappa shape index (κ1) is 21.4. The number of nitrogens with two attached hydrogens (primary N) is 2. The highest BCUT2D eigenvalue weighted by atomic mass is 32.2. The number of hydrogen-bond acceptors (Lipinski definition) is 10.